The van der Waals surface area contributed by atoms with Crippen LogP contribution >= 0.6 is 0 Å². The number of nitrogens with zero attached hydrogens (tertiary/aromatic N) is 2. The van der Waals surface area contributed by atoms with Crippen LogP contribution in [-0.4, -0.2) is 62.6 Å². The SMILES string of the molecule is CCCN(C(=O)c1ccc(S(=O)(=O)N2CCc3ccccc3C2)cc1)C1CCS(=O)(=O)C1. The molecule has 0 spiro atoms. The number of rotatable bonds is 6. The maximum Gasteiger partial charge on any atom is 0.254 e. The first-order valence-electron chi connectivity index (χ1n) is 10.9. The number of sulfonamides is 1. The van der Waals surface area contributed by atoms with Crippen molar-refractivity contribution >= 4 is 25.8 Å². The van der Waals surface area contributed by atoms with Crippen molar-refractivity contribution in [3.8, 4) is 0 Å². The van der Waals surface area contributed by atoms with Crippen molar-refractivity contribution in [2.24, 2.45) is 0 Å². The lowest BCUT2D eigenvalue weighted by molar-refractivity contribution is 0.0697. The minimum Gasteiger partial charge on any atom is -0.335 e. The summed E-state index contributed by atoms with van der Waals surface area (Å²) in [6.45, 7) is 3.16. The van der Waals surface area contributed by atoms with Gasteiger partial charge in [-0.1, -0.05) is 31.2 Å². The number of sulfone groups is 1. The highest BCUT2D eigenvalue weighted by Crippen LogP contribution is 2.26. The molecule has 2 aliphatic heterocycles. The molecule has 2 heterocycles. The highest BCUT2D eigenvalue weighted by molar-refractivity contribution is 7.91. The van der Waals surface area contributed by atoms with E-state index in [0.29, 0.717) is 44.5 Å². The van der Waals surface area contributed by atoms with E-state index >= 15 is 0 Å². The number of carbonyl (C=O) groups is 1. The standard InChI is InChI=1S/C23H28N2O5S2/c1-2-13-25(21-12-15-31(27,28)17-21)23(26)19-7-9-22(10-8-19)32(29,30)24-14-11-18-5-3-4-6-20(18)16-24/h3-10,21H,2,11-17H2,1H3. The van der Waals surface area contributed by atoms with Gasteiger partial charge in [0, 0.05) is 31.2 Å². The Morgan fingerprint density at radius 1 is 1.09 bits per heavy atom. The van der Waals surface area contributed by atoms with Crippen LogP contribution in [0.5, 0.6) is 0 Å². The van der Waals surface area contributed by atoms with Crippen molar-refractivity contribution in [1.29, 1.82) is 0 Å². The summed E-state index contributed by atoms with van der Waals surface area (Å²) in [6.07, 6.45) is 1.82. The topological polar surface area (TPSA) is 91.8 Å². The van der Waals surface area contributed by atoms with Gasteiger partial charge in [-0.15, -0.1) is 0 Å². The summed E-state index contributed by atoms with van der Waals surface area (Å²) in [4.78, 5) is 14.9. The van der Waals surface area contributed by atoms with E-state index in [-0.39, 0.29) is 28.4 Å². The van der Waals surface area contributed by atoms with E-state index in [1.807, 2.05) is 31.2 Å². The van der Waals surface area contributed by atoms with Crippen LogP contribution in [0.4, 0.5) is 0 Å². The van der Waals surface area contributed by atoms with Crippen LogP contribution < -0.4 is 0 Å². The van der Waals surface area contributed by atoms with E-state index in [2.05, 4.69) is 0 Å². The summed E-state index contributed by atoms with van der Waals surface area (Å²) in [7, 11) is -6.79. The molecule has 0 aliphatic carbocycles. The van der Waals surface area contributed by atoms with Crippen LogP contribution in [-0.2, 0) is 32.8 Å². The summed E-state index contributed by atoms with van der Waals surface area (Å²) in [5.41, 5.74) is 2.55. The van der Waals surface area contributed by atoms with E-state index in [0.717, 1.165) is 5.56 Å². The Balaban J connectivity index is 1.52. The van der Waals surface area contributed by atoms with E-state index in [4.69, 9.17) is 0 Å². The van der Waals surface area contributed by atoms with Gasteiger partial charge >= 0.3 is 0 Å². The van der Waals surface area contributed by atoms with Gasteiger partial charge in [0.25, 0.3) is 5.91 Å². The molecule has 0 N–H and O–H groups in total. The number of carbonyl (C=O) groups excluding carboxylic acids is 1. The van der Waals surface area contributed by atoms with Gasteiger partial charge < -0.3 is 4.90 Å². The predicted octanol–water partition coefficient (Wildman–Crippen LogP) is 2.47. The maximum atomic E-state index is 13.2. The molecule has 0 radical (unpaired) electrons. The zero-order chi connectivity index (χ0) is 22.9. The number of hydrogen-bond acceptors (Lipinski definition) is 5. The molecular weight excluding hydrogens is 448 g/mol. The molecule has 0 saturated carbocycles. The van der Waals surface area contributed by atoms with Crippen LogP contribution in [0.15, 0.2) is 53.4 Å². The Labute approximate surface area is 190 Å². The Bertz CT molecular complexity index is 1210. The van der Waals surface area contributed by atoms with Crippen molar-refractivity contribution in [2.75, 3.05) is 24.6 Å². The summed E-state index contributed by atoms with van der Waals surface area (Å²) in [5.74, 6) is -0.173. The molecule has 2 aromatic carbocycles. The molecule has 2 aromatic rings. The maximum absolute atomic E-state index is 13.2. The van der Waals surface area contributed by atoms with Crippen LogP contribution in [0.25, 0.3) is 0 Å². The van der Waals surface area contributed by atoms with Gasteiger partial charge in [0.15, 0.2) is 9.84 Å². The molecule has 1 fully saturated rings. The largest absolute Gasteiger partial charge is 0.335 e. The smallest absolute Gasteiger partial charge is 0.254 e. The molecular formula is C23H28N2O5S2. The lowest BCUT2D eigenvalue weighted by Gasteiger charge is -2.29. The van der Waals surface area contributed by atoms with Gasteiger partial charge in [-0.3, -0.25) is 4.79 Å². The average Bonchev–Trinajstić information content (AvgIpc) is 3.16. The minimum atomic E-state index is -3.68. The van der Waals surface area contributed by atoms with Crippen LogP contribution in [0.3, 0.4) is 0 Å². The third-order valence-electron chi connectivity index (χ3n) is 6.21. The normalized spacial score (nSPS) is 20.6. The van der Waals surface area contributed by atoms with Crippen molar-refractivity contribution in [1.82, 2.24) is 9.21 Å². The zero-order valence-corrected chi connectivity index (χ0v) is 19.7. The fourth-order valence-electron chi connectivity index (χ4n) is 4.47. The molecule has 7 nitrogen and oxygen atoms in total. The molecule has 32 heavy (non-hydrogen) atoms. The molecule has 4 rings (SSSR count). The van der Waals surface area contributed by atoms with Crippen molar-refractivity contribution in [2.45, 2.75) is 43.7 Å². The first-order valence-corrected chi connectivity index (χ1v) is 14.2. The highest BCUT2D eigenvalue weighted by atomic mass is 32.2. The zero-order valence-electron chi connectivity index (χ0n) is 18.1. The van der Waals surface area contributed by atoms with Gasteiger partial charge in [0.1, 0.15) is 0 Å². The third kappa shape index (κ3) is 4.60. The quantitative estimate of drug-likeness (QED) is 0.639. The third-order valence-corrected chi connectivity index (χ3v) is 9.82. The van der Waals surface area contributed by atoms with Gasteiger partial charge in [-0.05, 0) is 54.7 Å². The van der Waals surface area contributed by atoms with Crippen molar-refractivity contribution in [3.63, 3.8) is 0 Å². The van der Waals surface area contributed by atoms with E-state index < -0.39 is 19.9 Å². The predicted molar refractivity (Wildman–Crippen MR) is 123 cm³/mol. The van der Waals surface area contributed by atoms with E-state index in [1.54, 1.807) is 4.90 Å². The minimum absolute atomic E-state index is 0.0123. The highest BCUT2D eigenvalue weighted by Gasteiger charge is 2.35. The molecule has 172 valence electrons. The summed E-state index contributed by atoms with van der Waals surface area (Å²) >= 11 is 0. The summed E-state index contributed by atoms with van der Waals surface area (Å²) in [5, 5.41) is 0. The first kappa shape index (κ1) is 22.9. The van der Waals surface area contributed by atoms with Gasteiger partial charge in [0.2, 0.25) is 10.0 Å². The Hall–Kier alpha value is -2.23. The lowest BCUT2D eigenvalue weighted by Crippen LogP contribution is -2.41. The van der Waals surface area contributed by atoms with Crippen LogP contribution in [0.1, 0.15) is 41.3 Å². The number of amides is 1. The molecule has 1 atom stereocenters. The van der Waals surface area contributed by atoms with E-state index in [9.17, 15) is 21.6 Å². The molecule has 1 saturated heterocycles. The van der Waals surface area contributed by atoms with Gasteiger partial charge in [-0.25, -0.2) is 16.8 Å². The number of fused-ring (bicyclic) bond motifs is 1. The molecule has 2 aliphatic rings. The van der Waals surface area contributed by atoms with Gasteiger partial charge in [-0.2, -0.15) is 4.31 Å². The second kappa shape index (κ2) is 8.96. The molecule has 9 heteroatoms. The molecule has 0 aromatic heterocycles. The van der Waals surface area contributed by atoms with Crippen LogP contribution in [0.2, 0.25) is 0 Å². The van der Waals surface area contributed by atoms with Crippen molar-refractivity contribution in [3.05, 3.63) is 65.2 Å². The number of benzene rings is 2. The van der Waals surface area contributed by atoms with Crippen molar-refractivity contribution < 1.29 is 21.6 Å². The molecule has 1 unspecified atom stereocenters. The van der Waals surface area contributed by atoms with E-state index in [1.165, 1.54) is 34.1 Å². The molecule has 0 bridgehead atoms. The Morgan fingerprint density at radius 3 is 2.41 bits per heavy atom. The summed E-state index contributed by atoms with van der Waals surface area (Å²) in [6, 6.07) is 13.5. The average molecular weight is 477 g/mol. The first-order chi connectivity index (χ1) is 15.2. The fourth-order valence-corrected chi connectivity index (χ4v) is 7.62. The van der Waals surface area contributed by atoms with Crippen LogP contribution in [0, 0.1) is 0 Å². The second-order valence-corrected chi connectivity index (χ2v) is 12.6. The summed E-state index contributed by atoms with van der Waals surface area (Å²) < 4.78 is 51.6. The molecule has 1 amide bonds. The number of hydrogen-bond donors (Lipinski definition) is 0. The Morgan fingerprint density at radius 2 is 1.78 bits per heavy atom. The second-order valence-electron chi connectivity index (χ2n) is 8.44. The monoisotopic (exact) mass is 476 g/mol. The Kier molecular flexibility index (Phi) is 6.42. The fraction of sp³-hybridized carbons (Fsp3) is 0.435. The lowest BCUT2D eigenvalue weighted by atomic mass is 10.0. The van der Waals surface area contributed by atoms with Gasteiger partial charge in [0.05, 0.1) is 16.4 Å².